The third-order valence-electron chi connectivity index (χ3n) is 4.00. The fourth-order valence-corrected chi connectivity index (χ4v) is 4.00. The standard InChI is InChI=1S/C19H15Cl3N4O2S/c1-10-13(21)3-2-4-15(10)24-17(27)8-16-18(28)25-19(29-16)26-23-9-11-5-6-12(20)7-14(11)22/h2-7,9,16H,8H2,1H3,(H,24,27)(H,25,26,28)/b23-9+. The van der Waals surface area contributed by atoms with Crippen molar-refractivity contribution in [2.45, 2.75) is 18.6 Å². The SMILES string of the molecule is Cc1c(Cl)cccc1NC(=O)CC1S/C(=N/N=C/c2ccc(Cl)cc2Cl)NC1=O. The molecule has 0 spiro atoms. The Morgan fingerprint density at radius 3 is 2.79 bits per heavy atom. The lowest BCUT2D eigenvalue weighted by molar-refractivity contribution is -0.122. The number of hydrogen-bond donors (Lipinski definition) is 2. The van der Waals surface area contributed by atoms with Crippen molar-refractivity contribution in [3.05, 3.63) is 62.6 Å². The van der Waals surface area contributed by atoms with Crippen LogP contribution >= 0.6 is 46.6 Å². The number of amidine groups is 1. The van der Waals surface area contributed by atoms with E-state index in [2.05, 4.69) is 20.8 Å². The Morgan fingerprint density at radius 1 is 1.24 bits per heavy atom. The van der Waals surface area contributed by atoms with E-state index in [0.29, 0.717) is 31.5 Å². The van der Waals surface area contributed by atoms with Crippen molar-refractivity contribution in [1.29, 1.82) is 0 Å². The van der Waals surface area contributed by atoms with E-state index < -0.39 is 5.25 Å². The molecule has 6 nitrogen and oxygen atoms in total. The number of amides is 2. The van der Waals surface area contributed by atoms with Gasteiger partial charge < -0.3 is 10.6 Å². The summed E-state index contributed by atoms with van der Waals surface area (Å²) in [6.07, 6.45) is 1.45. The highest BCUT2D eigenvalue weighted by Gasteiger charge is 2.32. The van der Waals surface area contributed by atoms with E-state index in [9.17, 15) is 9.59 Å². The average molecular weight is 470 g/mol. The summed E-state index contributed by atoms with van der Waals surface area (Å²) in [5, 5.41) is 14.5. The Labute approximate surface area is 186 Å². The van der Waals surface area contributed by atoms with Crippen molar-refractivity contribution < 1.29 is 9.59 Å². The van der Waals surface area contributed by atoms with Crippen LogP contribution in [-0.4, -0.2) is 28.4 Å². The van der Waals surface area contributed by atoms with E-state index in [1.54, 1.807) is 36.4 Å². The van der Waals surface area contributed by atoms with Crippen LogP contribution in [0.5, 0.6) is 0 Å². The Bertz CT molecular complexity index is 1030. The third-order valence-corrected chi connectivity index (χ3v) is 6.04. The van der Waals surface area contributed by atoms with Crippen molar-refractivity contribution in [3.8, 4) is 0 Å². The molecule has 0 saturated carbocycles. The van der Waals surface area contributed by atoms with Gasteiger partial charge >= 0.3 is 0 Å². The molecule has 1 atom stereocenters. The second-order valence-electron chi connectivity index (χ2n) is 6.08. The van der Waals surface area contributed by atoms with Gasteiger partial charge in [-0.1, -0.05) is 58.7 Å². The van der Waals surface area contributed by atoms with Crippen molar-refractivity contribution >= 4 is 75.4 Å². The smallest absolute Gasteiger partial charge is 0.240 e. The first-order valence-corrected chi connectivity index (χ1v) is 10.4. The van der Waals surface area contributed by atoms with Gasteiger partial charge in [-0.3, -0.25) is 9.59 Å². The number of carbonyl (C=O) groups is 2. The van der Waals surface area contributed by atoms with Crippen LogP contribution in [0.3, 0.4) is 0 Å². The number of hydrogen-bond acceptors (Lipinski definition) is 5. The number of halogens is 3. The molecule has 0 bridgehead atoms. The van der Waals surface area contributed by atoms with Gasteiger partial charge in [0.05, 0.1) is 11.2 Å². The maximum absolute atomic E-state index is 12.3. The van der Waals surface area contributed by atoms with Crippen LogP contribution in [0, 0.1) is 6.92 Å². The minimum Gasteiger partial charge on any atom is -0.326 e. The van der Waals surface area contributed by atoms with Crippen LogP contribution in [0.4, 0.5) is 5.69 Å². The van der Waals surface area contributed by atoms with Gasteiger partial charge in [-0.2, -0.15) is 5.10 Å². The quantitative estimate of drug-likeness (QED) is 0.482. The molecule has 29 heavy (non-hydrogen) atoms. The molecule has 0 radical (unpaired) electrons. The summed E-state index contributed by atoms with van der Waals surface area (Å²) in [6.45, 7) is 1.81. The first-order chi connectivity index (χ1) is 13.8. The van der Waals surface area contributed by atoms with Gasteiger partial charge in [0.1, 0.15) is 5.25 Å². The zero-order valence-electron chi connectivity index (χ0n) is 15.1. The zero-order valence-corrected chi connectivity index (χ0v) is 18.2. The van der Waals surface area contributed by atoms with Crippen LogP contribution < -0.4 is 10.6 Å². The monoisotopic (exact) mass is 468 g/mol. The number of benzene rings is 2. The van der Waals surface area contributed by atoms with Gasteiger partial charge in [-0.15, -0.1) is 5.10 Å². The zero-order chi connectivity index (χ0) is 21.0. The Morgan fingerprint density at radius 2 is 2.03 bits per heavy atom. The van der Waals surface area contributed by atoms with Crippen molar-refractivity contribution in [3.63, 3.8) is 0 Å². The number of anilines is 1. The first-order valence-electron chi connectivity index (χ1n) is 8.42. The van der Waals surface area contributed by atoms with E-state index >= 15 is 0 Å². The minimum absolute atomic E-state index is 0.00575. The molecule has 2 N–H and O–H groups in total. The van der Waals surface area contributed by atoms with Crippen molar-refractivity contribution in [2.24, 2.45) is 10.2 Å². The number of carbonyl (C=O) groups excluding carboxylic acids is 2. The van der Waals surface area contributed by atoms with Crippen LogP contribution in [0.15, 0.2) is 46.6 Å². The highest BCUT2D eigenvalue weighted by atomic mass is 35.5. The highest BCUT2D eigenvalue weighted by molar-refractivity contribution is 8.15. The average Bonchev–Trinajstić information content (AvgIpc) is 3.00. The van der Waals surface area contributed by atoms with Gasteiger partial charge in [-0.25, -0.2) is 0 Å². The van der Waals surface area contributed by atoms with E-state index in [0.717, 1.165) is 17.3 Å². The maximum Gasteiger partial charge on any atom is 0.240 e. The van der Waals surface area contributed by atoms with Gasteiger partial charge in [-0.05, 0) is 36.8 Å². The number of rotatable bonds is 5. The molecule has 3 rings (SSSR count). The molecular weight excluding hydrogens is 455 g/mol. The summed E-state index contributed by atoms with van der Waals surface area (Å²) >= 11 is 19.1. The van der Waals surface area contributed by atoms with Crippen LogP contribution in [-0.2, 0) is 9.59 Å². The van der Waals surface area contributed by atoms with Gasteiger partial charge in [0, 0.05) is 27.7 Å². The van der Waals surface area contributed by atoms with Gasteiger partial charge in [0.25, 0.3) is 0 Å². The predicted octanol–water partition coefficient (Wildman–Crippen LogP) is 4.91. The summed E-state index contributed by atoms with van der Waals surface area (Å²) < 4.78 is 0. The molecule has 1 aliphatic rings. The minimum atomic E-state index is -0.595. The van der Waals surface area contributed by atoms with E-state index in [-0.39, 0.29) is 18.2 Å². The Hall–Kier alpha value is -2.06. The summed E-state index contributed by atoms with van der Waals surface area (Å²) in [6, 6.07) is 10.2. The normalized spacial score (nSPS) is 17.7. The second-order valence-corrected chi connectivity index (χ2v) is 8.52. The topological polar surface area (TPSA) is 82.9 Å². The Balaban J connectivity index is 1.59. The molecule has 0 aromatic heterocycles. The second kappa shape index (κ2) is 9.63. The van der Waals surface area contributed by atoms with Crippen LogP contribution in [0.2, 0.25) is 15.1 Å². The lowest BCUT2D eigenvalue weighted by atomic mass is 10.2. The molecule has 1 saturated heterocycles. The highest BCUT2D eigenvalue weighted by Crippen LogP contribution is 2.26. The fraction of sp³-hybridized carbons (Fsp3) is 0.158. The van der Waals surface area contributed by atoms with Gasteiger partial charge in [0.15, 0.2) is 5.17 Å². The first kappa shape index (κ1) is 21.6. The lowest BCUT2D eigenvalue weighted by Gasteiger charge is -2.10. The molecule has 1 heterocycles. The number of nitrogens with one attached hydrogen (secondary N) is 2. The molecule has 2 amide bonds. The summed E-state index contributed by atoms with van der Waals surface area (Å²) in [5.74, 6) is -0.591. The number of nitrogens with zero attached hydrogens (tertiary/aromatic N) is 2. The van der Waals surface area contributed by atoms with E-state index in [1.165, 1.54) is 6.21 Å². The molecule has 1 aliphatic heterocycles. The lowest BCUT2D eigenvalue weighted by Crippen LogP contribution is -2.28. The molecule has 2 aromatic rings. The van der Waals surface area contributed by atoms with Crippen LogP contribution in [0.25, 0.3) is 0 Å². The fourth-order valence-electron chi connectivity index (χ4n) is 2.45. The molecule has 1 fully saturated rings. The summed E-state index contributed by atoms with van der Waals surface area (Å²) in [4.78, 5) is 24.4. The molecule has 2 aromatic carbocycles. The van der Waals surface area contributed by atoms with Crippen molar-refractivity contribution in [1.82, 2.24) is 5.32 Å². The van der Waals surface area contributed by atoms with Crippen molar-refractivity contribution in [2.75, 3.05) is 5.32 Å². The molecule has 1 unspecified atom stereocenters. The Kier molecular flexibility index (Phi) is 7.18. The third kappa shape index (κ3) is 5.73. The van der Waals surface area contributed by atoms with Crippen LogP contribution in [0.1, 0.15) is 17.5 Å². The van der Waals surface area contributed by atoms with E-state index in [4.69, 9.17) is 34.8 Å². The molecule has 0 aliphatic carbocycles. The maximum atomic E-state index is 12.3. The molecule has 10 heteroatoms. The summed E-state index contributed by atoms with van der Waals surface area (Å²) in [5.41, 5.74) is 2.02. The summed E-state index contributed by atoms with van der Waals surface area (Å²) in [7, 11) is 0. The van der Waals surface area contributed by atoms with E-state index in [1.807, 2.05) is 6.92 Å². The number of thioether (sulfide) groups is 1. The molecular formula is C19H15Cl3N4O2S. The largest absolute Gasteiger partial charge is 0.326 e. The predicted molar refractivity (Wildman–Crippen MR) is 120 cm³/mol. The molecule has 150 valence electrons. The van der Waals surface area contributed by atoms with Gasteiger partial charge in [0.2, 0.25) is 11.8 Å².